The lowest BCUT2D eigenvalue weighted by Gasteiger charge is -2.07. The van der Waals surface area contributed by atoms with Gasteiger partial charge in [-0.05, 0) is 55.5 Å². The highest BCUT2D eigenvalue weighted by molar-refractivity contribution is 7.89. The summed E-state index contributed by atoms with van der Waals surface area (Å²) in [5, 5.41) is 10.1. The van der Waals surface area contributed by atoms with Gasteiger partial charge in [-0.1, -0.05) is 43.7 Å². The fourth-order valence-corrected chi connectivity index (χ4v) is 4.27. The van der Waals surface area contributed by atoms with Gasteiger partial charge in [0.05, 0.1) is 9.79 Å². The summed E-state index contributed by atoms with van der Waals surface area (Å²) in [5.41, 5.74) is 3.60. The Kier molecular flexibility index (Phi) is 7.52. The molecule has 0 unspecified atom stereocenters. The third-order valence-corrected chi connectivity index (χ3v) is 6.05. The number of hydrogen-bond donors (Lipinski definition) is 2. The topological polar surface area (TPSA) is 120 Å². The minimum atomic E-state index is -3.57. The number of primary sulfonamides is 2. The van der Waals surface area contributed by atoms with E-state index in [1.165, 1.54) is 6.07 Å². The first kappa shape index (κ1) is 22.3. The van der Waals surface area contributed by atoms with Crippen molar-refractivity contribution in [3.63, 3.8) is 0 Å². The molecule has 0 aliphatic rings. The number of aryl methyl sites for hydroxylation is 3. The molecule has 6 nitrogen and oxygen atoms in total. The molecule has 0 aliphatic carbocycles. The lowest BCUT2D eigenvalue weighted by Crippen LogP contribution is -2.14. The van der Waals surface area contributed by atoms with Gasteiger partial charge >= 0.3 is 0 Å². The minimum absolute atomic E-state index is 0.229. The molecule has 0 radical (unpaired) electrons. The van der Waals surface area contributed by atoms with Gasteiger partial charge in [0.25, 0.3) is 0 Å². The second-order valence-corrected chi connectivity index (χ2v) is 9.01. The summed E-state index contributed by atoms with van der Waals surface area (Å²) in [6.07, 6.45) is 1.49. The normalized spacial score (nSPS) is 11.6. The van der Waals surface area contributed by atoms with E-state index in [4.69, 9.17) is 10.3 Å². The predicted octanol–water partition coefficient (Wildman–Crippen LogP) is 2.41. The summed E-state index contributed by atoms with van der Waals surface area (Å²) in [7, 11) is -7.13. The zero-order valence-corrected chi connectivity index (χ0v) is 17.1. The van der Waals surface area contributed by atoms with Crippen LogP contribution >= 0.6 is 0 Å². The summed E-state index contributed by atoms with van der Waals surface area (Å²) in [5.74, 6) is 0. The Labute approximate surface area is 156 Å². The molecule has 0 aliphatic heterocycles. The highest BCUT2D eigenvalue weighted by Crippen LogP contribution is 2.18. The Bertz CT molecular complexity index is 982. The maximum absolute atomic E-state index is 11.1. The summed E-state index contributed by atoms with van der Waals surface area (Å²) in [6, 6.07) is 10.3. The monoisotopic (exact) mass is 398 g/mol. The molecule has 0 spiro atoms. The number of rotatable bonds is 4. The molecular formula is C18H26N2O4S2. The van der Waals surface area contributed by atoms with E-state index < -0.39 is 20.0 Å². The number of sulfonamides is 2. The largest absolute Gasteiger partial charge is 0.238 e. The van der Waals surface area contributed by atoms with E-state index in [0.29, 0.717) is 6.42 Å². The maximum Gasteiger partial charge on any atom is 0.238 e. The van der Waals surface area contributed by atoms with Gasteiger partial charge < -0.3 is 0 Å². The van der Waals surface area contributed by atoms with Crippen molar-refractivity contribution >= 4 is 20.0 Å². The van der Waals surface area contributed by atoms with Gasteiger partial charge in [-0.25, -0.2) is 27.1 Å². The first-order valence-electron chi connectivity index (χ1n) is 8.15. The molecule has 0 heterocycles. The van der Waals surface area contributed by atoms with E-state index >= 15 is 0 Å². The minimum Gasteiger partial charge on any atom is -0.225 e. The molecule has 8 heteroatoms. The molecule has 0 fully saturated rings. The van der Waals surface area contributed by atoms with Crippen LogP contribution in [-0.2, 0) is 32.9 Å². The van der Waals surface area contributed by atoms with Crippen molar-refractivity contribution in [1.82, 2.24) is 0 Å². The Morgan fingerprint density at radius 3 is 1.77 bits per heavy atom. The Balaban J connectivity index is 0.000000260. The van der Waals surface area contributed by atoms with Crippen LogP contribution < -0.4 is 10.3 Å². The standard InChI is InChI=1S/2C9H13NO2S/c1-3-8-6-7(2)4-5-9(8)13(10,11)12;1-3-8-5-4-6-9(7(8)2)13(10,11)12/h2*4-6H,3H2,1-2H3,(H2,10,11,12). The smallest absolute Gasteiger partial charge is 0.225 e. The van der Waals surface area contributed by atoms with Crippen molar-refractivity contribution in [2.75, 3.05) is 0 Å². The molecule has 4 N–H and O–H groups in total. The van der Waals surface area contributed by atoms with Crippen LogP contribution in [0, 0.1) is 13.8 Å². The van der Waals surface area contributed by atoms with Crippen LogP contribution in [0.3, 0.4) is 0 Å². The van der Waals surface area contributed by atoms with E-state index in [9.17, 15) is 16.8 Å². The fourth-order valence-electron chi connectivity index (χ4n) is 2.61. The van der Waals surface area contributed by atoms with Gasteiger partial charge in [0.1, 0.15) is 0 Å². The van der Waals surface area contributed by atoms with Crippen LogP contribution in [0.15, 0.2) is 46.2 Å². The van der Waals surface area contributed by atoms with E-state index in [1.807, 2.05) is 32.9 Å². The summed E-state index contributed by atoms with van der Waals surface area (Å²) in [6.45, 7) is 7.59. The Morgan fingerprint density at radius 2 is 1.31 bits per heavy atom. The predicted molar refractivity (Wildman–Crippen MR) is 104 cm³/mol. The SMILES string of the molecule is CCc1cc(C)ccc1S(N)(=O)=O.CCc1cccc(S(N)(=O)=O)c1C. The number of hydrogen-bond acceptors (Lipinski definition) is 4. The van der Waals surface area contributed by atoms with Gasteiger partial charge in [-0.3, -0.25) is 0 Å². The molecule has 2 rings (SSSR count). The quantitative estimate of drug-likeness (QED) is 0.821. The average molecular weight is 399 g/mol. The second-order valence-electron chi connectivity index (χ2n) is 5.95. The first-order chi connectivity index (χ1) is 11.9. The maximum atomic E-state index is 11.1. The van der Waals surface area contributed by atoms with Crippen molar-refractivity contribution in [2.24, 2.45) is 10.3 Å². The third kappa shape index (κ3) is 5.91. The fraction of sp³-hybridized carbons (Fsp3) is 0.333. The van der Waals surface area contributed by atoms with Crippen molar-refractivity contribution in [3.05, 3.63) is 58.7 Å². The van der Waals surface area contributed by atoms with Gasteiger partial charge in [-0.2, -0.15) is 0 Å². The van der Waals surface area contributed by atoms with E-state index in [1.54, 1.807) is 25.1 Å². The van der Waals surface area contributed by atoms with Gasteiger partial charge in [-0.15, -0.1) is 0 Å². The van der Waals surface area contributed by atoms with Crippen LogP contribution in [0.2, 0.25) is 0 Å². The molecule has 0 saturated heterocycles. The van der Waals surface area contributed by atoms with Crippen LogP contribution in [0.1, 0.15) is 36.1 Å². The molecular weight excluding hydrogens is 372 g/mol. The summed E-state index contributed by atoms with van der Waals surface area (Å²) >= 11 is 0. The third-order valence-electron chi connectivity index (χ3n) is 3.99. The lowest BCUT2D eigenvalue weighted by molar-refractivity contribution is 0.595. The van der Waals surface area contributed by atoms with Crippen LogP contribution in [0.5, 0.6) is 0 Å². The number of nitrogens with two attached hydrogens (primary N) is 2. The van der Waals surface area contributed by atoms with Gasteiger partial charge in [0.2, 0.25) is 20.0 Å². The zero-order chi connectivity index (χ0) is 20.1. The van der Waals surface area contributed by atoms with E-state index in [2.05, 4.69) is 0 Å². The van der Waals surface area contributed by atoms with Crippen molar-refractivity contribution in [2.45, 2.75) is 50.3 Å². The van der Waals surface area contributed by atoms with Crippen LogP contribution in [0.25, 0.3) is 0 Å². The lowest BCUT2D eigenvalue weighted by atomic mass is 10.1. The van der Waals surface area contributed by atoms with Crippen molar-refractivity contribution in [1.29, 1.82) is 0 Å². The van der Waals surface area contributed by atoms with E-state index in [-0.39, 0.29) is 9.79 Å². The molecule has 0 saturated carbocycles. The van der Waals surface area contributed by atoms with Crippen LogP contribution in [0.4, 0.5) is 0 Å². The van der Waals surface area contributed by atoms with Crippen molar-refractivity contribution < 1.29 is 16.8 Å². The van der Waals surface area contributed by atoms with E-state index in [0.717, 1.165) is 28.7 Å². The highest BCUT2D eigenvalue weighted by atomic mass is 32.2. The Hall–Kier alpha value is -1.74. The first-order valence-corrected chi connectivity index (χ1v) is 11.2. The molecule has 0 bridgehead atoms. The summed E-state index contributed by atoms with van der Waals surface area (Å²) < 4.78 is 44.4. The van der Waals surface area contributed by atoms with Gasteiger partial charge in [0.15, 0.2) is 0 Å². The highest BCUT2D eigenvalue weighted by Gasteiger charge is 2.13. The second kappa shape index (κ2) is 8.77. The van der Waals surface area contributed by atoms with Crippen molar-refractivity contribution in [3.8, 4) is 0 Å². The summed E-state index contributed by atoms with van der Waals surface area (Å²) in [4.78, 5) is 0.465. The molecule has 0 atom stereocenters. The molecule has 0 amide bonds. The molecule has 2 aromatic carbocycles. The zero-order valence-electron chi connectivity index (χ0n) is 15.5. The molecule has 2 aromatic rings. The molecule has 0 aromatic heterocycles. The Morgan fingerprint density at radius 1 is 0.769 bits per heavy atom. The number of benzene rings is 2. The average Bonchev–Trinajstić information content (AvgIpc) is 2.53. The molecule has 144 valence electrons. The molecule has 26 heavy (non-hydrogen) atoms. The van der Waals surface area contributed by atoms with Gasteiger partial charge in [0, 0.05) is 0 Å². The van der Waals surface area contributed by atoms with Crippen LogP contribution in [-0.4, -0.2) is 16.8 Å².